The second-order valence-electron chi connectivity index (χ2n) is 4.65. The van der Waals surface area contributed by atoms with Crippen molar-refractivity contribution in [2.75, 3.05) is 19.7 Å². The lowest BCUT2D eigenvalue weighted by atomic mass is 10.1. The van der Waals surface area contributed by atoms with Crippen LogP contribution in [0.3, 0.4) is 0 Å². The summed E-state index contributed by atoms with van der Waals surface area (Å²) in [6.07, 6.45) is 3.03. The first-order valence-electron chi connectivity index (χ1n) is 6.39. The number of aromatic nitrogens is 2. The van der Waals surface area contributed by atoms with Gasteiger partial charge < -0.3 is 9.64 Å². The van der Waals surface area contributed by atoms with Gasteiger partial charge in [0.25, 0.3) is 5.91 Å². The van der Waals surface area contributed by atoms with Gasteiger partial charge in [-0.05, 0) is 17.7 Å². The van der Waals surface area contributed by atoms with Crippen molar-refractivity contribution in [3.63, 3.8) is 0 Å². The van der Waals surface area contributed by atoms with E-state index in [0.717, 1.165) is 5.56 Å². The minimum absolute atomic E-state index is 0.0268. The summed E-state index contributed by atoms with van der Waals surface area (Å²) in [4.78, 5) is 14.1. The molecule has 2 aromatic rings. The molecule has 3 rings (SSSR count). The van der Waals surface area contributed by atoms with E-state index < -0.39 is 0 Å². The summed E-state index contributed by atoms with van der Waals surface area (Å²) in [5.74, 6) is -0.0268. The van der Waals surface area contributed by atoms with Crippen molar-refractivity contribution in [2.45, 2.75) is 6.10 Å². The number of hydrogen-bond acceptors (Lipinski definition) is 3. The number of halogens is 1. The van der Waals surface area contributed by atoms with Crippen molar-refractivity contribution in [3.05, 3.63) is 52.8 Å². The Kier molecular flexibility index (Phi) is 3.71. The molecule has 1 atom stereocenters. The number of nitrogens with zero attached hydrogens (tertiary/aromatic N) is 2. The maximum absolute atomic E-state index is 12.3. The number of rotatable bonds is 2. The van der Waals surface area contributed by atoms with E-state index >= 15 is 0 Å². The molecule has 0 radical (unpaired) electrons. The molecule has 1 unspecified atom stereocenters. The highest BCUT2D eigenvalue weighted by Gasteiger charge is 2.26. The second kappa shape index (κ2) is 5.64. The van der Waals surface area contributed by atoms with Crippen LogP contribution in [0.4, 0.5) is 0 Å². The smallest absolute Gasteiger partial charge is 0.257 e. The van der Waals surface area contributed by atoms with E-state index in [4.69, 9.17) is 16.3 Å². The normalized spacial score (nSPS) is 19.1. The molecule has 1 N–H and O–H groups in total. The van der Waals surface area contributed by atoms with Crippen LogP contribution >= 0.6 is 11.6 Å². The zero-order valence-corrected chi connectivity index (χ0v) is 11.5. The summed E-state index contributed by atoms with van der Waals surface area (Å²) in [5.41, 5.74) is 1.60. The van der Waals surface area contributed by atoms with Gasteiger partial charge in [0.1, 0.15) is 6.10 Å². The van der Waals surface area contributed by atoms with Crippen LogP contribution in [0, 0.1) is 0 Å². The Labute approximate surface area is 121 Å². The molecule has 104 valence electrons. The maximum Gasteiger partial charge on any atom is 0.257 e. The number of aromatic amines is 1. The third-order valence-corrected chi connectivity index (χ3v) is 3.59. The highest BCUT2D eigenvalue weighted by Crippen LogP contribution is 2.24. The van der Waals surface area contributed by atoms with Gasteiger partial charge in [0.15, 0.2) is 0 Å². The van der Waals surface area contributed by atoms with Crippen molar-refractivity contribution in [1.82, 2.24) is 15.1 Å². The molecular weight excluding hydrogens is 278 g/mol. The average Bonchev–Trinajstić information content (AvgIpc) is 3.01. The van der Waals surface area contributed by atoms with Crippen LogP contribution in [0.2, 0.25) is 5.02 Å². The van der Waals surface area contributed by atoms with Gasteiger partial charge in [-0.1, -0.05) is 23.7 Å². The Bertz CT molecular complexity index is 583. The first-order valence-corrected chi connectivity index (χ1v) is 6.77. The van der Waals surface area contributed by atoms with Gasteiger partial charge in [-0.2, -0.15) is 5.10 Å². The van der Waals surface area contributed by atoms with Crippen LogP contribution in [0.15, 0.2) is 36.7 Å². The number of ether oxygens (including phenoxy) is 1. The molecular formula is C14H14ClN3O2. The molecule has 20 heavy (non-hydrogen) atoms. The number of carbonyl (C=O) groups excluding carboxylic acids is 1. The van der Waals surface area contributed by atoms with Crippen LogP contribution in [0.1, 0.15) is 22.0 Å². The number of amides is 1. The van der Waals surface area contributed by atoms with Gasteiger partial charge in [0.2, 0.25) is 0 Å². The van der Waals surface area contributed by atoms with E-state index in [1.807, 2.05) is 24.3 Å². The average molecular weight is 292 g/mol. The van der Waals surface area contributed by atoms with Crippen molar-refractivity contribution >= 4 is 17.5 Å². The highest BCUT2D eigenvalue weighted by atomic mass is 35.5. The minimum atomic E-state index is -0.114. The summed E-state index contributed by atoms with van der Waals surface area (Å²) in [6, 6.07) is 7.52. The fourth-order valence-corrected chi connectivity index (χ4v) is 2.39. The van der Waals surface area contributed by atoms with Crippen LogP contribution in [0.25, 0.3) is 0 Å². The fourth-order valence-electron chi connectivity index (χ4n) is 2.26. The monoisotopic (exact) mass is 291 g/mol. The van der Waals surface area contributed by atoms with Crippen molar-refractivity contribution in [2.24, 2.45) is 0 Å². The molecule has 1 aromatic heterocycles. The lowest BCUT2D eigenvalue weighted by Crippen LogP contribution is -2.42. The molecule has 1 fully saturated rings. The van der Waals surface area contributed by atoms with Crippen LogP contribution < -0.4 is 0 Å². The first-order chi connectivity index (χ1) is 9.74. The van der Waals surface area contributed by atoms with E-state index in [1.54, 1.807) is 11.1 Å². The van der Waals surface area contributed by atoms with Crippen molar-refractivity contribution in [3.8, 4) is 0 Å². The Balaban J connectivity index is 1.73. The molecule has 1 aliphatic heterocycles. The van der Waals surface area contributed by atoms with Gasteiger partial charge >= 0.3 is 0 Å². The molecule has 1 saturated heterocycles. The molecule has 1 aromatic carbocycles. The highest BCUT2D eigenvalue weighted by molar-refractivity contribution is 6.30. The first kappa shape index (κ1) is 13.1. The fraction of sp³-hybridized carbons (Fsp3) is 0.286. The molecule has 0 aliphatic carbocycles. The van der Waals surface area contributed by atoms with E-state index in [-0.39, 0.29) is 12.0 Å². The van der Waals surface area contributed by atoms with Crippen molar-refractivity contribution < 1.29 is 9.53 Å². The Morgan fingerprint density at radius 3 is 2.90 bits per heavy atom. The molecule has 6 heteroatoms. The number of benzene rings is 1. The Morgan fingerprint density at radius 2 is 2.20 bits per heavy atom. The number of carbonyl (C=O) groups is 1. The zero-order chi connectivity index (χ0) is 13.9. The van der Waals surface area contributed by atoms with Crippen LogP contribution in [0.5, 0.6) is 0 Å². The summed E-state index contributed by atoms with van der Waals surface area (Å²) in [6.45, 7) is 1.65. The summed E-state index contributed by atoms with van der Waals surface area (Å²) >= 11 is 5.88. The number of hydrogen-bond donors (Lipinski definition) is 1. The molecule has 0 bridgehead atoms. The van der Waals surface area contributed by atoms with E-state index in [9.17, 15) is 4.79 Å². The largest absolute Gasteiger partial charge is 0.370 e. The molecule has 1 aliphatic rings. The minimum Gasteiger partial charge on any atom is -0.370 e. The van der Waals surface area contributed by atoms with Crippen LogP contribution in [-0.2, 0) is 4.74 Å². The third kappa shape index (κ3) is 2.69. The number of H-pyrrole nitrogens is 1. The molecule has 0 spiro atoms. The zero-order valence-electron chi connectivity index (χ0n) is 10.8. The lowest BCUT2D eigenvalue weighted by molar-refractivity contribution is -0.0228. The Hall–Kier alpha value is -1.85. The van der Waals surface area contributed by atoms with Gasteiger partial charge in [-0.3, -0.25) is 9.89 Å². The topological polar surface area (TPSA) is 58.2 Å². The third-order valence-electron chi connectivity index (χ3n) is 3.34. The molecule has 5 nitrogen and oxygen atoms in total. The SMILES string of the molecule is O=C(c1cn[nH]c1)N1CCOC(c2ccc(Cl)cc2)C1. The van der Waals surface area contributed by atoms with E-state index in [1.165, 1.54) is 6.20 Å². The van der Waals surface area contributed by atoms with Gasteiger partial charge in [-0.15, -0.1) is 0 Å². The van der Waals surface area contributed by atoms with Gasteiger partial charge in [-0.25, -0.2) is 0 Å². The lowest BCUT2D eigenvalue weighted by Gasteiger charge is -2.33. The van der Waals surface area contributed by atoms with Gasteiger partial charge in [0.05, 0.1) is 24.9 Å². The summed E-state index contributed by atoms with van der Waals surface area (Å²) in [5, 5.41) is 7.15. The van der Waals surface area contributed by atoms with Gasteiger partial charge in [0, 0.05) is 17.8 Å². The maximum atomic E-state index is 12.3. The standard InChI is InChI=1S/C14H14ClN3O2/c15-12-3-1-10(2-4-12)13-9-18(5-6-20-13)14(19)11-7-16-17-8-11/h1-4,7-8,13H,5-6,9H2,(H,16,17). The molecule has 0 saturated carbocycles. The number of nitrogens with one attached hydrogen (secondary N) is 1. The number of morpholine rings is 1. The molecule has 2 heterocycles. The van der Waals surface area contributed by atoms with Crippen molar-refractivity contribution in [1.29, 1.82) is 0 Å². The Morgan fingerprint density at radius 1 is 1.40 bits per heavy atom. The van der Waals surface area contributed by atoms with E-state index in [2.05, 4.69) is 10.2 Å². The predicted molar refractivity (Wildman–Crippen MR) is 74.6 cm³/mol. The van der Waals surface area contributed by atoms with Crippen LogP contribution in [-0.4, -0.2) is 40.7 Å². The second-order valence-corrected chi connectivity index (χ2v) is 5.09. The van der Waals surface area contributed by atoms with E-state index in [0.29, 0.717) is 30.3 Å². The molecule has 1 amide bonds. The quantitative estimate of drug-likeness (QED) is 0.923. The summed E-state index contributed by atoms with van der Waals surface area (Å²) in [7, 11) is 0. The predicted octanol–water partition coefficient (Wildman–Crippen LogP) is 2.28. The summed E-state index contributed by atoms with van der Waals surface area (Å²) < 4.78 is 5.74.